The normalized spacial score (nSPS) is 16.1. The smallest absolute Gasteiger partial charge is 0.340 e. The zero-order valence-electron chi connectivity index (χ0n) is 18.3. The van der Waals surface area contributed by atoms with Crippen molar-refractivity contribution in [2.24, 2.45) is 10.6 Å². The number of benzene rings is 1. The van der Waals surface area contributed by atoms with Crippen LogP contribution >= 0.6 is 0 Å². The van der Waals surface area contributed by atoms with Gasteiger partial charge in [0.15, 0.2) is 11.5 Å². The average Bonchev–Trinajstić information content (AvgIpc) is 2.70. The van der Waals surface area contributed by atoms with E-state index in [4.69, 9.17) is 19.2 Å². The van der Waals surface area contributed by atoms with Crippen molar-refractivity contribution < 1.29 is 24.2 Å². The first-order valence-electron chi connectivity index (χ1n) is 9.90. The number of nitrogens with zero attached hydrogens (tertiary/aromatic N) is 2. The largest absolute Gasteiger partial charge is 0.493 e. The van der Waals surface area contributed by atoms with Crippen LogP contribution < -0.4 is 9.47 Å². The van der Waals surface area contributed by atoms with Crippen molar-refractivity contribution in [3.63, 3.8) is 0 Å². The van der Waals surface area contributed by atoms with Gasteiger partial charge in [-0.3, -0.25) is 4.98 Å². The Morgan fingerprint density at radius 2 is 1.87 bits per heavy atom. The number of carbonyl (C=O) groups excluding carboxylic acids is 1. The molecule has 0 radical (unpaired) electrons. The molecule has 1 aliphatic carbocycles. The fraction of sp³-hybridized carbons (Fsp3) is 0.435. The Balaban J connectivity index is 2.39. The van der Waals surface area contributed by atoms with E-state index in [1.54, 1.807) is 34.1 Å². The minimum Gasteiger partial charge on any atom is -0.493 e. The number of aryl methyl sites for hydroxylation is 1. The van der Waals surface area contributed by atoms with E-state index in [2.05, 4.69) is 19.0 Å². The molecule has 0 atom stereocenters. The molecule has 1 N–H and O–H groups in total. The molecule has 7 nitrogen and oxygen atoms in total. The van der Waals surface area contributed by atoms with Gasteiger partial charge in [-0.2, -0.15) is 0 Å². The van der Waals surface area contributed by atoms with Crippen LogP contribution in [0.5, 0.6) is 11.5 Å². The van der Waals surface area contributed by atoms with Crippen LogP contribution in [0.3, 0.4) is 0 Å². The summed E-state index contributed by atoms with van der Waals surface area (Å²) in [5.41, 5.74) is 4.18. The van der Waals surface area contributed by atoms with E-state index in [9.17, 15) is 10.0 Å². The lowest BCUT2D eigenvalue weighted by Crippen LogP contribution is -2.30. The molecule has 3 rings (SSSR count). The highest BCUT2D eigenvalue weighted by Crippen LogP contribution is 2.43. The molecule has 0 aliphatic heterocycles. The number of ether oxygens (including phenoxy) is 3. The highest BCUT2D eigenvalue weighted by atomic mass is 16.5. The van der Waals surface area contributed by atoms with E-state index in [1.165, 1.54) is 0 Å². The topological polar surface area (TPSA) is 90.2 Å². The summed E-state index contributed by atoms with van der Waals surface area (Å²) in [5, 5.41) is 13.4. The molecule has 160 valence electrons. The fourth-order valence-electron chi connectivity index (χ4n) is 4.08. The van der Waals surface area contributed by atoms with Gasteiger partial charge in [0.1, 0.15) is 0 Å². The molecule has 1 heterocycles. The van der Waals surface area contributed by atoms with Gasteiger partial charge >= 0.3 is 5.97 Å². The minimum atomic E-state index is -0.461. The summed E-state index contributed by atoms with van der Waals surface area (Å²) in [4.78, 5) is 17.6. The Kier molecular flexibility index (Phi) is 6.01. The van der Waals surface area contributed by atoms with Gasteiger partial charge in [-0.25, -0.2) is 4.79 Å². The standard InChI is InChI=1S/C23H28N2O5/c1-7-30-22(26)19-13(2)24-15-11-23(3,4)12-16(25-27)21(15)20(19)14-8-9-17(28-5)18(10-14)29-6/h8-10,27H,7,11-12H2,1-6H3/b25-16+. The summed E-state index contributed by atoms with van der Waals surface area (Å²) >= 11 is 0. The van der Waals surface area contributed by atoms with Crippen LogP contribution in [0.4, 0.5) is 0 Å². The maximum atomic E-state index is 12.9. The van der Waals surface area contributed by atoms with Crippen LogP contribution in [0, 0.1) is 12.3 Å². The minimum absolute atomic E-state index is 0.117. The predicted octanol–water partition coefficient (Wildman–Crippen LogP) is 4.40. The monoisotopic (exact) mass is 412 g/mol. The number of pyridine rings is 1. The van der Waals surface area contributed by atoms with Crippen LogP contribution in [0.25, 0.3) is 11.1 Å². The van der Waals surface area contributed by atoms with Crippen LogP contribution in [-0.2, 0) is 11.2 Å². The Morgan fingerprint density at radius 1 is 1.17 bits per heavy atom. The molecule has 1 aromatic heterocycles. The first kappa shape index (κ1) is 21.6. The number of methoxy groups -OCH3 is 2. The van der Waals surface area contributed by atoms with Gasteiger partial charge in [0.05, 0.1) is 43.5 Å². The van der Waals surface area contributed by atoms with E-state index in [0.29, 0.717) is 52.4 Å². The van der Waals surface area contributed by atoms with Gasteiger partial charge in [0.2, 0.25) is 0 Å². The van der Waals surface area contributed by atoms with Crippen LogP contribution in [0.2, 0.25) is 0 Å². The van der Waals surface area contributed by atoms with Crippen molar-refractivity contribution in [3.8, 4) is 22.6 Å². The predicted molar refractivity (Wildman–Crippen MR) is 114 cm³/mol. The number of fused-ring (bicyclic) bond motifs is 1. The maximum Gasteiger partial charge on any atom is 0.340 e. The SMILES string of the molecule is CCOC(=O)c1c(C)nc2c(c1-c1ccc(OC)c(OC)c1)/C(=N/O)CC(C)(C)C2. The van der Waals surface area contributed by atoms with E-state index in [0.717, 1.165) is 11.3 Å². The number of aromatic nitrogens is 1. The van der Waals surface area contributed by atoms with Gasteiger partial charge in [0, 0.05) is 11.1 Å². The number of oxime groups is 1. The lowest BCUT2D eigenvalue weighted by molar-refractivity contribution is 0.0526. The summed E-state index contributed by atoms with van der Waals surface area (Å²) in [7, 11) is 3.13. The van der Waals surface area contributed by atoms with Crippen LogP contribution in [0.15, 0.2) is 23.4 Å². The molecule has 1 aromatic carbocycles. The molecule has 0 fully saturated rings. The van der Waals surface area contributed by atoms with Crippen molar-refractivity contribution in [2.75, 3.05) is 20.8 Å². The van der Waals surface area contributed by atoms with Crippen molar-refractivity contribution in [2.45, 2.75) is 40.5 Å². The molecule has 0 saturated carbocycles. The summed E-state index contributed by atoms with van der Waals surface area (Å²) in [5.74, 6) is 0.652. The summed E-state index contributed by atoms with van der Waals surface area (Å²) < 4.78 is 16.2. The van der Waals surface area contributed by atoms with Crippen molar-refractivity contribution in [3.05, 3.63) is 40.7 Å². The summed E-state index contributed by atoms with van der Waals surface area (Å²) in [6, 6.07) is 5.45. The Bertz CT molecular complexity index is 1010. The van der Waals surface area contributed by atoms with Crippen molar-refractivity contribution >= 4 is 11.7 Å². The van der Waals surface area contributed by atoms with Crippen molar-refractivity contribution in [1.29, 1.82) is 0 Å². The number of esters is 1. The zero-order valence-corrected chi connectivity index (χ0v) is 18.3. The van der Waals surface area contributed by atoms with Gasteiger partial charge in [-0.1, -0.05) is 25.1 Å². The molecule has 7 heteroatoms. The second-order valence-corrected chi connectivity index (χ2v) is 8.12. The van der Waals surface area contributed by atoms with Gasteiger partial charge in [0.25, 0.3) is 0 Å². The molecule has 0 bridgehead atoms. The maximum absolute atomic E-state index is 12.9. The number of hydrogen-bond acceptors (Lipinski definition) is 7. The molecule has 0 amide bonds. The third-order valence-corrected chi connectivity index (χ3v) is 5.31. The molecule has 30 heavy (non-hydrogen) atoms. The Hall–Kier alpha value is -3.09. The van der Waals surface area contributed by atoms with E-state index in [1.807, 2.05) is 12.1 Å². The number of carbonyl (C=O) groups is 1. The zero-order chi connectivity index (χ0) is 22.1. The Morgan fingerprint density at radius 3 is 2.47 bits per heavy atom. The Labute approximate surface area is 176 Å². The van der Waals surface area contributed by atoms with Crippen LogP contribution in [0.1, 0.15) is 54.5 Å². The van der Waals surface area contributed by atoms with Gasteiger partial charge in [-0.15, -0.1) is 0 Å². The molecule has 0 unspecified atom stereocenters. The number of rotatable bonds is 5. The average molecular weight is 412 g/mol. The van der Waals surface area contributed by atoms with Gasteiger partial charge in [-0.05, 0) is 49.8 Å². The third kappa shape index (κ3) is 3.84. The highest BCUT2D eigenvalue weighted by Gasteiger charge is 2.36. The van der Waals surface area contributed by atoms with Crippen LogP contribution in [-0.4, -0.2) is 42.7 Å². The molecule has 1 aliphatic rings. The van der Waals surface area contributed by atoms with Crippen molar-refractivity contribution in [1.82, 2.24) is 4.98 Å². The lowest BCUT2D eigenvalue weighted by Gasteiger charge is -2.33. The first-order valence-corrected chi connectivity index (χ1v) is 9.90. The second-order valence-electron chi connectivity index (χ2n) is 8.12. The molecular weight excluding hydrogens is 384 g/mol. The molecular formula is C23H28N2O5. The fourth-order valence-corrected chi connectivity index (χ4v) is 4.08. The molecule has 0 spiro atoms. The van der Waals surface area contributed by atoms with E-state index in [-0.39, 0.29) is 12.0 Å². The summed E-state index contributed by atoms with van der Waals surface area (Å²) in [6.07, 6.45) is 1.26. The first-order chi connectivity index (χ1) is 14.3. The van der Waals surface area contributed by atoms with Gasteiger partial charge < -0.3 is 19.4 Å². The van der Waals surface area contributed by atoms with E-state index >= 15 is 0 Å². The molecule has 2 aromatic rings. The quantitative estimate of drug-likeness (QED) is 0.445. The lowest BCUT2D eigenvalue weighted by atomic mass is 9.72. The van der Waals surface area contributed by atoms with E-state index < -0.39 is 5.97 Å². The molecule has 0 saturated heterocycles. The highest BCUT2D eigenvalue weighted by molar-refractivity contribution is 6.12. The second kappa shape index (κ2) is 8.34. The third-order valence-electron chi connectivity index (χ3n) is 5.31. The summed E-state index contributed by atoms with van der Waals surface area (Å²) in [6.45, 7) is 8.02. The number of hydrogen-bond donors (Lipinski definition) is 1.